The molecule has 0 saturated carbocycles. The Labute approximate surface area is 111 Å². The molecule has 0 aliphatic carbocycles. The Morgan fingerprint density at radius 1 is 1.16 bits per heavy atom. The largest absolute Gasteiger partial charge is 0.384 e. The van der Waals surface area contributed by atoms with Gasteiger partial charge in [-0.1, -0.05) is 12.1 Å². The standard InChI is InChI=1S/C15H16N4/c1-19-13-5-3-2-4-12(13)18-15(19)7-6-11-8-9-17-14(16)10-11/h2-5,8-10H,6-7H2,1H3,(H2,16,17). The lowest BCUT2D eigenvalue weighted by Crippen LogP contribution is -2.01. The van der Waals surface area contributed by atoms with Gasteiger partial charge in [0, 0.05) is 19.7 Å². The predicted octanol–water partition coefficient (Wildman–Crippen LogP) is 2.34. The molecule has 0 radical (unpaired) electrons. The number of anilines is 1. The normalized spacial score (nSPS) is 11.0. The van der Waals surface area contributed by atoms with Crippen molar-refractivity contribution in [3.8, 4) is 0 Å². The summed E-state index contributed by atoms with van der Waals surface area (Å²) in [6.45, 7) is 0. The smallest absolute Gasteiger partial charge is 0.123 e. The molecule has 19 heavy (non-hydrogen) atoms. The number of nitrogens with two attached hydrogens (primary N) is 1. The molecule has 0 amide bonds. The number of pyridine rings is 1. The van der Waals surface area contributed by atoms with Crippen LogP contribution in [0.25, 0.3) is 11.0 Å². The summed E-state index contributed by atoms with van der Waals surface area (Å²) in [4.78, 5) is 8.67. The summed E-state index contributed by atoms with van der Waals surface area (Å²) in [5.41, 5.74) is 9.10. The second-order valence-electron chi connectivity index (χ2n) is 4.66. The van der Waals surface area contributed by atoms with Gasteiger partial charge in [0.25, 0.3) is 0 Å². The second kappa shape index (κ2) is 4.72. The SMILES string of the molecule is Cn1c(CCc2ccnc(N)c2)nc2ccccc21. The summed E-state index contributed by atoms with van der Waals surface area (Å²) >= 11 is 0. The van der Waals surface area contributed by atoms with Gasteiger partial charge in [-0.2, -0.15) is 0 Å². The first-order chi connectivity index (χ1) is 9.24. The summed E-state index contributed by atoms with van der Waals surface area (Å²) < 4.78 is 2.15. The first-order valence-corrected chi connectivity index (χ1v) is 6.35. The van der Waals surface area contributed by atoms with Crippen molar-refractivity contribution in [2.75, 3.05) is 5.73 Å². The van der Waals surface area contributed by atoms with Crippen LogP contribution in [0.2, 0.25) is 0 Å². The van der Waals surface area contributed by atoms with Crippen LogP contribution in [-0.4, -0.2) is 14.5 Å². The molecule has 0 atom stereocenters. The zero-order valence-corrected chi connectivity index (χ0v) is 10.9. The van der Waals surface area contributed by atoms with Gasteiger partial charge in [-0.3, -0.25) is 0 Å². The van der Waals surface area contributed by atoms with E-state index in [1.807, 2.05) is 30.3 Å². The van der Waals surface area contributed by atoms with Gasteiger partial charge in [-0.15, -0.1) is 0 Å². The summed E-state index contributed by atoms with van der Waals surface area (Å²) in [7, 11) is 2.06. The Bertz CT molecular complexity index is 715. The maximum Gasteiger partial charge on any atom is 0.123 e. The van der Waals surface area contributed by atoms with Crippen LogP contribution in [0.15, 0.2) is 42.6 Å². The molecule has 4 heteroatoms. The molecule has 0 unspecified atom stereocenters. The number of hydrogen-bond acceptors (Lipinski definition) is 3. The minimum Gasteiger partial charge on any atom is -0.384 e. The summed E-state index contributed by atoms with van der Waals surface area (Å²) in [6.07, 6.45) is 3.57. The predicted molar refractivity (Wildman–Crippen MR) is 76.8 cm³/mol. The summed E-state index contributed by atoms with van der Waals surface area (Å²) in [5, 5.41) is 0. The van der Waals surface area contributed by atoms with Crippen molar-refractivity contribution < 1.29 is 0 Å². The summed E-state index contributed by atoms with van der Waals surface area (Å²) in [5.74, 6) is 1.67. The van der Waals surface area contributed by atoms with E-state index in [9.17, 15) is 0 Å². The maximum absolute atomic E-state index is 5.69. The van der Waals surface area contributed by atoms with Crippen molar-refractivity contribution in [2.45, 2.75) is 12.8 Å². The van der Waals surface area contributed by atoms with Crippen LogP contribution in [0, 0.1) is 0 Å². The molecule has 2 heterocycles. The minimum absolute atomic E-state index is 0.572. The molecule has 0 bridgehead atoms. The number of fused-ring (bicyclic) bond motifs is 1. The monoisotopic (exact) mass is 252 g/mol. The van der Waals surface area contributed by atoms with E-state index in [-0.39, 0.29) is 0 Å². The van der Waals surface area contributed by atoms with Crippen LogP contribution >= 0.6 is 0 Å². The van der Waals surface area contributed by atoms with Gasteiger partial charge in [-0.25, -0.2) is 9.97 Å². The van der Waals surface area contributed by atoms with Gasteiger partial charge < -0.3 is 10.3 Å². The topological polar surface area (TPSA) is 56.7 Å². The number of imidazole rings is 1. The van der Waals surface area contributed by atoms with E-state index < -0.39 is 0 Å². The average molecular weight is 252 g/mol. The fourth-order valence-electron chi connectivity index (χ4n) is 2.33. The van der Waals surface area contributed by atoms with Crippen LogP contribution in [0.5, 0.6) is 0 Å². The maximum atomic E-state index is 5.69. The minimum atomic E-state index is 0.572. The van der Waals surface area contributed by atoms with E-state index in [0.29, 0.717) is 5.82 Å². The average Bonchev–Trinajstić information content (AvgIpc) is 2.74. The number of para-hydroxylation sites is 2. The third-order valence-electron chi connectivity index (χ3n) is 3.36. The molecule has 2 N–H and O–H groups in total. The Morgan fingerprint density at radius 2 is 2.00 bits per heavy atom. The van der Waals surface area contributed by atoms with Crippen LogP contribution in [0.4, 0.5) is 5.82 Å². The highest BCUT2D eigenvalue weighted by Crippen LogP contribution is 2.16. The van der Waals surface area contributed by atoms with Gasteiger partial charge in [0.1, 0.15) is 11.6 Å². The molecule has 2 aromatic heterocycles. The van der Waals surface area contributed by atoms with Gasteiger partial charge in [0.2, 0.25) is 0 Å². The highest BCUT2D eigenvalue weighted by molar-refractivity contribution is 5.75. The lowest BCUT2D eigenvalue weighted by molar-refractivity contribution is 0.786. The molecule has 0 fully saturated rings. The number of nitrogen functional groups attached to an aromatic ring is 1. The third-order valence-corrected chi connectivity index (χ3v) is 3.36. The number of aromatic nitrogens is 3. The molecule has 0 saturated heterocycles. The quantitative estimate of drug-likeness (QED) is 0.778. The highest BCUT2D eigenvalue weighted by Gasteiger charge is 2.07. The number of hydrogen-bond donors (Lipinski definition) is 1. The van der Waals surface area contributed by atoms with Crippen LogP contribution in [-0.2, 0) is 19.9 Å². The Hall–Kier alpha value is -2.36. The third kappa shape index (κ3) is 2.29. The highest BCUT2D eigenvalue weighted by atomic mass is 15.1. The second-order valence-corrected chi connectivity index (χ2v) is 4.66. The lowest BCUT2D eigenvalue weighted by Gasteiger charge is -2.03. The number of rotatable bonds is 3. The first kappa shape index (κ1) is 11.7. The van der Waals surface area contributed by atoms with Crippen molar-refractivity contribution in [1.29, 1.82) is 0 Å². The van der Waals surface area contributed by atoms with E-state index in [2.05, 4.69) is 27.6 Å². The lowest BCUT2D eigenvalue weighted by atomic mass is 10.1. The van der Waals surface area contributed by atoms with Crippen molar-refractivity contribution in [1.82, 2.24) is 14.5 Å². The number of nitrogens with zero attached hydrogens (tertiary/aromatic N) is 3. The van der Waals surface area contributed by atoms with Crippen molar-refractivity contribution in [2.24, 2.45) is 7.05 Å². The Morgan fingerprint density at radius 3 is 2.79 bits per heavy atom. The van der Waals surface area contributed by atoms with E-state index in [1.165, 1.54) is 11.1 Å². The summed E-state index contributed by atoms with van der Waals surface area (Å²) in [6, 6.07) is 12.1. The molecule has 0 spiro atoms. The molecule has 0 aliphatic rings. The molecule has 4 nitrogen and oxygen atoms in total. The molecule has 3 rings (SSSR count). The Balaban J connectivity index is 1.84. The van der Waals surface area contributed by atoms with E-state index in [0.717, 1.165) is 24.2 Å². The van der Waals surface area contributed by atoms with Crippen molar-refractivity contribution in [3.63, 3.8) is 0 Å². The Kier molecular flexibility index (Phi) is 2.91. The number of benzene rings is 1. The van der Waals surface area contributed by atoms with Crippen molar-refractivity contribution >= 4 is 16.9 Å². The number of aryl methyl sites for hydroxylation is 3. The van der Waals surface area contributed by atoms with Crippen molar-refractivity contribution in [3.05, 3.63) is 54.0 Å². The van der Waals surface area contributed by atoms with Crippen LogP contribution < -0.4 is 5.73 Å². The van der Waals surface area contributed by atoms with Crippen LogP contribution in [0.1, 0.15) is 11.4 Å². The van der Waals surface area contributed by atoms with Gasteiger partial charge >= 0.3 is 0 Å². The molecule has 1 aromatic carbocycles. The molecule has 96 valence electrons. The zero-order chi connectivity index (χ0) is 13.2. The van der Waals surface area contributed by atoms with Gasteiger partial charge in [0.05, 0.1) is 11.0 Å². The van der Waals surface area contributed by atoms with Crippen LogP contribution in [0.3, 0.4) is 0 Å². The van der Waals surface area contributed by atoms with Gasteiger partial charge in [-0.05, 0) is 36.2 Å². The fraction of sp³-hybridized carbons (Fsp3) is 0.200. The first-order valence-electron chi connectivity index (χ1n) is 6.35. The van der Waals surface area contributed by atoms with E-state index in [4.69, 9.17) is 5.73 Å². The van der Waals surface area contributed by atoms with E-state index in [1.54, 1.807) is 6.20 Å². The molecule has 0 aliphatic heterocycles. The fourth-order valence-corrected chi connectivity index (χ4v) is 2.33. The molecule has 3 aromatic rings. The molecular formula is C15H16N4. The zero-order valence-electron chi connectivity index (χ0n) is 10.9. The van der Waals surface area contributed by atoms with E-state index >= 15 is 0 Å². The van der Waals surface area contributed by atoms with Gasteiger partial charge in [0.15, 0.2) is 0 Å². The molecular weight excluding hydrogens is 236 g/mol.